The van der Waals surface area contributed by atoms with Gasteiger partial charge in [-0.2, -0.15) is 0 Å². The lowest BCUT2D eigenvalue weighted by atomic mass is 9.89. The van der Waals surface area contributed by atoms with E-state index in [1.807, 2.05) is 0 Å². The average Bonchev–Trinajstić information content (AvgIpc) is 2.77. The number of nitrogens with one attached hydrogen (secondary N) is 2. The van der Waals surface area contributed by atoms with Gasteiger partial charge in [0.05, 0.1) is 24.2 Å². The van der Waals surface area contributed by atoms with Crippen molar-refractivity contribution in [2.75, 3.05) is 25.1 Å². The average molecular weight is 273 g/mol. The maximum atomic E-state index is 5.28. The van der Waals surface area contributed by atoms with Crippen LogP contribution in [0.25, 0.3) is 11.0 Å². The molecule has 2 aromatic rings. The number of anilines is 1. The van der Waals surface area contributed by atoms with Crippen molar-refractivity contribution in [3.63, 3.8) is 0 Å². The van der Waals surface area contributed by atoms with Gasteiger partial charge >= 0.3 is 0 Å². The van der Waals surface area contributed by atoms with Crippen LogP contribution >= 0.6 is 0 Å². The zero-order valence-corrected chi connectivity index (χ0v) is 12.7. The maximum Gasteiger partial charge on any atom is 0.112 e. The minimum Gasteiger partial charge on any atom is -0.384 e. The van der Waals surface area contributed by atoms with E-state index in [1.54, 1.807) is 0 Å². The Bertz CT molecular complexity index is 620. The van der Waals surface area contributed by atoms with E-state index in [0.717, 1.165) is 42.3 Å². The van der Waals surface area contributed by atoms with Crippen LogP contribution in [0.1, 0.15) is 33.5 Å². The van der Waals surface area contributed by atoms with E-state index in [1.165, 1.54) is 0 Å². The van der Waals surface area contributed by atoms with E-state index < -0.39 is 0 Å². The highest BCUT2D eigenvalue weighted by Gasteiger charge is 2.32. The van der Waals surface area contributed by atoms with Gasteiger partial charge in [0.25, 0.3) is 0 Å². The van der Waals surface area contributed by atoms with Gasteiger partial charge in [-0.1, -0.05) is 27.7 Å². The van der Waals surface area contributed by atoms with Crippen molar-refractivity contribution < 1.29 is 4.74 Å². The van der Waals surface area contributed by atoms with Gasteiger partial charge in [-0.3, -0.25) is 0 Å². The molecule has 0 saturated carbocycles. The summed E-state index contributed by atoms with van der Waals surface area (Å²) in [5.41, 5.74) is 3.58. The van der Waals surface area contributed by atoms with Crippen LogP contribution in [0.15, 0.2) is 18.2 Å². The molecule has 20 heavy (non-hydrogen) atoms. The molecule has 1 fully saturated rings. The van der Waals surface area contributed by atoms with Crippen LogP contribution in [-0.4, -0.2) is 29.7 Å². The SMILES string of the molecule is CC1(CNc2ccc3nc(C(C)(C)C)[nH]c3c2)COC1. The number of nitrogens with zero attached hydrogens (tertiary/aromatic N) is 1. The number of benzene rings is 1. The van der Waals surface area contributed by atoms with Gasteiger partial charge in [0.2, 0.25) is 0 Å². The van der Waals surface area contributed by atoms with Crippen LogP contribution in [0.2, 0.25) is 0 Å². The van der Waals surface area contributed by atoms with Crippen molar-refractivity contribution in [1.82, 2.24) is 9.97 Å². The molecule has 1 aliphatic heterocycles. The Morgan fingerprint density at radius 2 is 2.10 bits per heavy atom. The molecule has 3 rings (SSSR count). The van der Waals surface area contributed by atoms with Crippen LogP contribution < -0.4 is 5.32 Å². The second kappa shape index (κ2) is 4.48. The lowest BCUT2D eigenvalue weighted by Crippen LogP contribution is -2.45. The number of hydrogen-bond acceptors (Lipinski definition) is 3. The Morgan fingerprint density at radius 1 is 1.35 bits per heavy atom. The summed E-state index contributed by atoms with van der Waals surface area (Å²) in [7, 11) is 0. The third-order valence-corrected chi connectivity index (χ3v) is 3.81. The summed E-state index contributed by atoms with van der Waals surface area (Å²) in [6, 6.07) is 6.31. The molecule has 1 aromatic heterocycles. The predicted octanol–water partition coefficient (Wildman–Crippen LogP) is 3.31. The number of H-pyrrole nitrogens is 1. The van der Waals surface area contributed by atoms with Gasteiger partial charge in [0.15, 0.2) is 0 Å². The highest BCUT2D eigenvalue weighted by molar-refractivity contribution is 5.79. The molecule has 4 heteroatoms. The fourth-order valence-electron chi connectivity index (χ4n) is 2.34. The topological polar surface area (TPSA) is 49.9 Å². The molecule has 108 valence electrons. The van der Waals surface area contributed by atoms with Crippen molar-refractivity contribution in [3.8, 4) is 0 Å². The fraction of sp³-hybridized carbons (Fsp3) is 0.562. The molecule has 1 aromatic carbocycles. The number of aromatic nitrogens is 2. The molecule has 0 aliphatic carbocycles. The molecule has 0 amide bonds. The third kappa shape index (κ3) is 2.52. The molecular weight excluding hydrogens is 250 g/mol. The van der Waals surface area contributed by atoms with Crippen molar-refractivity contribution >= 4 is 16.7 Å². The van der Waals surface area contributed by atoms with Crippen molar-refractivity contribution in [1.29, 1.82) is 0 Å². The maximum absolute atomic E-state index is 5.28. The standard InChI is InChI=1S/C16H23N3O/c1-15(2,3)14-18-12-6-5-11(7-13(12)19-14)17-8-16(4)9-20-10-16/h5-7,17H,8-10H2,1-4H3,(H,18,19). The number of ether oxygens (including phenoxy) is 1. The number of fused-ring (bicyclic) bond motifs is 1. The van der Waals surface area contributed by atoms with E-state index in [-0.39, 0.29) is 10.8 Å². The molecule has 0 radical (unpaired) electrons. The summed E-state index contributed by atoms with van der Waals surface area (Å²) in [4.78, 5) is 8.08. The van der Waals surface area contributed by atoms with Gasteiger partial charge in [-0.05, 0) is 18.2 Å². The minimum atomic E-state index is 0.0450. The smallest absolute Gasteiger partial charge is 0.112 e. The van der Waals surface area contributed by atoms with E-state index in [2.05, 4.69) is 61.2 Å². The first-order valence-electron chi connectivity index (χ1n) is 7.18. The predicted molar refractivity (Wildman–Crippen MR) is 82.2 cm³/mol. The first-order chi connectivity index (χ1) is 9.36. The Labute approximate surface area is 119 Å². The van der Waals surface area contributed by atoms with Gasteiger partial charge in [0, 0.05) is 23.1 Å². The molecule has 2 heterocycles. The summed E-state index contributed by atoms with van der Waals surface area (Å²) in [6.07, 6.45) is 0. The quantitative estimate of drug-likeness (QED) is 0.902. The molecule has 1 saturated heterocycles. The number of imidazole rings is 1. The van der Waals surface area contributed by atoms with Crippen molar-refractivity contribution in [3.05, 3.63) is 24.0 Å². The molecule has 0 bridgehead atoms. The first-order valence-corrected chi connectivity index (χ1v) is 7.18. The van der Waals surface area contributed by atoms with Crippen LogP contribution in [-0.2, 0) is 10.2 Å². The molecule has 4 nitrogen and oxygen atoms in total. The number of rotatable bonds is 3. The third-order valence-electron chi connectivity index (χ3n) is 3.81. The van der Waals surface area contributed by atoms with Crippen LogP contribution in [0, 0.1) is 5.41 Å². The normalized spacial score (nSPS) is 18.0. The summed E-state index contributed by atoms with van der Waals surface area (Å²) < 4.78 is 5.28. The first kappa shape index (κ1) is 13.4. The molecule has 0 unspecified atom stereocenters. The molecule has 1 aliphatic rings. The monoisotopic (exact) mass is 273 g/mol. The van der Waals surface area contributed by atoms with E-state index in [9.17, 15) is 0 Å². The second-order valence-corrected chi connectivity index (χ2v) is 7.22. The lowest BCUT2D eigenvalue weighted by molar-refractivity contribution is -0.0924. The van der Waals surface area contributed by atoms with E-state index in [0.29, 0.717) is 0 Å². The largest absolute Gasteiger partial charge is 0.384 e. The van der Waals surface area contributed by atoms with Crippen molar-refractivity contribution in [2.24, 2.45) is 5.41 Å². The summed E-state index contributed by atoms with van der Waals surface area (Å²) in [5, 5.41) is 3.50. The molecule has 2 N–H and O–H groups in total. The van der Waals surface area contributed by atoms with Gasteiger partial charge in [-0.15, -0.1) is 0 Å². The highest BCUT2D eigenvalue weighted by atomic mass is 16.5. The van der Waals surface area contributed by atoms with Crippen LogP contribution in [0.5, 0.6) is 0 Å². The number of hydrogen-bond donors (Lipinski definition) is 2. The fourth-order valence-corrected chi connectivity index (χ4v) is 2.34. The van der Waals surface area contributed by atoms with Gasteiger partial charge in [0.1, 0.15) is 5.82 Å². The summed E-state index contributed by atoms with van der Waals surface area (Å²) in [6.45, 7) is 11.4. The Kier molecular flexibility index (Phi) is 3.01. The minimum absolute atomic E-state index is 0.0450. The van der Waals surface area contributed by atoms with E-state index >= 15 is 0 Å². The Balaban J connectivity index is 1.79. The zero-order chi connectivity index (χ0) is 14.4. The number of aromatic amines is 1. The lowest BCUT2D eigenvalue weighted by Gasteiger charge is -2.38. The Hall–Kier alpha value is -1.55. The summed E-state index contributed by atoms with van der Waals surface area (Å²) >= 11 is 0. The second-order valence-electron chi connectivity index (χ2n) is 7.22. The van der Waals surface area contributed by atoms with Gasteiger partial charge < -0.3 is 15.0 Å². The Morgan fingerprint density at radius 3 is 2.70 bits per heavy atom. The zero-order valence-electron chi connectivity index (χ0n) is 12.7. The summed E-state index contributed by atoms with van der Waals surface area (Å²) in [5.74, 6) is 1.03. The highest BCUT2D eigenvalue weighted by Crippen LogP contribution is 2.28. The van der Waals surface area contributed by atoms with Crippen LogP contribution in [0.3, 0.4) is 0 Å². The van der Waals surface area contributed by atoms with Gasteiger partial charge in [-0.25, -0.2) is 4.98 Å². The molecular formula is C16H23N3O. The van der Waals surface area contributed by atoms with E-state index in [4.69, 9.17) is 4.74 Å². The van der Waals surface area contributed by atoms with Crippen molar-refractivity contribution in [2.45, 2.75) is 33.1 Å². The molecule has 0 spiro atoms. The molecule has 0 atom stereocenters. The van der Waals surface area contributed by atoms with Crippen LogP contribution in [0.4, 0.5) is 5.69 Å².